The van der Waals surface area contributed by atoms with Crippen LogP contribution in [0.1, 0.15) is 63.1 Å². The molecule has 4 rings (SSSR count). The number of hydrogen-bond acceptors (Lipinski definition) is 6. The maximum absolute atomic E-state index is 4.48. The van der Waals surface area contributed by atoms with E-state index in [1.54, 1.807) is 10.8 Å². The lowest BCUT2D eigenvalue weighted by molar-refractivity contribution is 0.488. The van der Waals surface area contributed by atoms with Crippen molar-refractivity contribution in [1.29, 1.82) is 0 Å². The van der Waals surface area contributed by atoms with Gasteiger partial charge in [-0.3, -0.25) is 0 Å². The molecule has 0 spiro atoms. The van der Waals surface area contributed by atoms with E-state index in [4.69, 9.17) is 0 Å². The molecule has 0 radical (unpaired) electrons. The van der Waals surface area contributed by atoms with E-state index < -0.39 is 0 Å². The summed E-state index contributed by atoms with van der Waals surface area (Å²) in [6.45, 7) is 4.19. The third-order valence-corrected chi connectivity index (χ3v) is 4.76. The van der Waals surface area contributed by atoms with Gasteiger partial charge in [0.25, 0.3) is 0 Å². The van der Waals surface area contributed by atoms with Gasteiger partial charge in [-0.2, -0.15) is 9.61 Å². The van der Waals surface area contributed by atoms with Gasteiger partial charge < -0.3 is 9.88 Å². The van der Waals surface area contributed by atoms with E-state index in [2.05, 4.69) is 49.2 Å². The number of rotatable bonds is 5. The summed E-state index contributed by atoms with van der Waals surface area (Å²) in [6.07, 6.45) is 9.34. The Balaban J connectivity index is 1.64. The molecule has 3 aromatic heterocycles. The van der Waals surface area contributed by atoms with Gasteiger partial charge in [-0.25, -0.2) is 0 Å². The van der Waals surface area contributed by atoms with Gasteiger partial charge in [0.2, 0.25) is 5.65 Å². The zero-order valence-corrected chi connectivity index (χ0v) is 14.1. The lowest BCUT2D eigenvalue weighted by Crippen LogP contribution is -2.17. The van der Waals surface area contributed by atoms with Gasteiger partial charge in [0.15, 0.2) is 5.82 Å². The van der Waals surface area contributed by atoms with Gasteiger partial charge in [0.05, 0.1) is 17.4 Å². The number of aromatic nitrogens is 7. The van der Waals surface area contributed by atoms with Crippen molar-refractivity contribution in [2.45, 2.75) is 58.0 Å². The fourth-order valence-electron chi connectivity index (χ4n) is 3.48. The molecule has 24 heavy (non-hydrogen) atoms. The molecule has 0 bridgehead atoms. The summed E-state index contributed by atoms with van der Waals surface area (Å²) < 4.78 is 3.95. The highest BCUT2D eigenvalue weighted by Gasteiger charge is 2.23. The molecule has 1 fully saturated rings. The molecule has 0 amide bonds. The van der Waals surface area contributed by atoms with Crippen LogP contribution in [-0.2, 0) is 6.42 Å². The summed E-state index contributed by atoms with van der Waals surface area (Å²) in [4.78, 5) is 0. The summed E-state index contributed by atoms with van der Waals surface area (Å²) in [7, 11) is 0. The van der Waals surface area contributed by atoms with E-state index in [-0.39, 0.29) is 6.04 Å². The molecular formula is C16H22N8. The second-order valence-corrected chi connectivity index (χ2v) is 6.40. The molecule has 1 atom stereocenters. The summed E-state index contributed by atoms with van der Waals surface area (Å²) in [5, 5.41) is 24.6. The van der Waals surface area contributed by atoms with E-state index >= 15 is 0 Å². The van der Waals surface area contributed by atoms with Crippen LogP contribution in [0.4, 0.5) is 5.69 Å². The molecule has 0 aliphatic heterocycles. The lowest BCUT2D eigenvalue weighted by Gasteiger charge is -2.19. The Kier molecular flexibility index (Phi) is 3.87. The predicted octanol–water partition coefficient (Wildman–Crippen LogP) is 2.57. The lowest BCUT2D eigenvalue weighted by atomic mass is 10.2. The Morgan fingerprint density at radius 2 is 2.00 bits per heavy atom. The van der Waals surface area contributed by atoms with Crippen LogP contribution in [0.25, 0.3) is 5.65 Å². The van der Waals surface area contributed by atoms with E-state index in [1.807, 2.05) is 12.4 Å². The average Bonchev–Trinajstić information content (AvgIpc) is 3.32. The number of aryl methyl sites for hydroxylation is 1. The Hall–Kier alpha value is -2.51. The Labute approximate surface area is 140 Å². The van der Waals surface area contributed by atoms with Crippen LogP contribution in [0.2, 0.25) is 0 Å². The third kappa shape index (κ3) is 2.61. The van der Waals surface area contributed by atoms with Gasteiger partial charge in [0.1, 0.15) is 12.7 Å². The van der Waals surface area contributed by atoms with Crippen molar-refractivity contribution < 1.29 is 0 Å². The molecule has 126 valence electrons. The Bertz CT molecular complexity index is 830. The molecule has 3 aromatic rings. The predicted molar refractivity (Wildman–Crippen MR) is 89.7 cm³/mol. The molecule has 0 saturated heterocycles. The number of fused-ring (bicyclic) bond motifs is 1. The highest BCUT2D eigenvalue weighted by Crippen LogP contribution is 2.32. The minimum atomic E-state index is 0.0284. The van der Waals surface area contributed by atoms with Crippen molar-refractivity contribution in [3.63, 3.8) is 0 Å². The summed E-state index contributed by atoms with van der Waals surface area (Å²) >= 11 is 0. The highest BCUT2D eigenvalue weighted by atomic mass is 15.4. The summed E-state index contributed by atoms with van der Waals surface area (Å²) in [6, 6.07) is 2.59. The average molecular weight is 326 g/mol. The molecule has 3 heterocycles. The minimum absolute atomic E-state index is 0.0284. The maximum atomic E-state index is 4.48. The van der Waals surface area contributed by atoms with Crippen molar-refractivity contribution >= 4 is 11.3 Å². The first-order valence-electron chi connectivity index (χ1n) is 8.62. The zero-order valence-electron chi connectivity index (χ0n) is 14.1. The molecule has 8 nitrogen and oxygen atoms in total. The Morgan fingerprint density at radius 1 is 1.21 bits per heavy atom. The van der Waals surface area contributed by atoms with Crippen LogP contribution in [0.3, 0.4) is 0 Å². The largest absolute Gasteiger partial charge is 0.372 e. The topological polar surface area (TPSA) is 85.8 Å². The quantitative estimate of drug-likeness (QED) is 0.775. The number of hydrogen-bond donors (Lipinski definition) is 1. The molecule has 0 aromatic carbocycles. The summed E-state index contributed by atoms with van der Waals surface area (Å²) in [5.41, 5.74) is 2.65. The number of anilines is 1. The van der Waals surface area contributed by atoms with Crippen molar-refractivity contribution in [2.75, 3.05) is 5.32 Å². The van der Waals surface area contributed by atoms with Gasteiger partial charge in [-0.05, 0) is 32.3 Å². The standard InChI is InChI=1S/C16H22N8/c1-3-12-8-14(16-21-18-10-24(16)22-12)19-11(2)15-20-17-9-23(15)13-6-4-5-7-13/h8-11,13,19H,3-7H2,1-2H3. The van der Waals surface area contributed by atoms with Crippen molar-refractivity contribution in [3.8, 4) is 0 Å². The molecule has 1 aliphatic rings. The van der Waals surface area contributed by atoms with E-state index in [1.165, 1.54) is 25.7 Å². The molecule has 8 heteroatoms. The van der Waals surface area contributed by atoms with E-state index in [9.17, 15) is 0 Å². The fourth-order valence-corrected chi connectivity index (χ4v) is 3.48. The molecule has 1 aliphatic carbocycles. The first kappa shape index (κ1) is 15.0. The normalized spacial score (nSPS) is 16.8. The van der Waals surface area contributed by atoms with Crippen LogP contribution in [-0.4, -0.2) is 34.6 Å². The van der Waals surface area contributed by atoms with Crippen molar-refractivity contribution in [3.05, 3.63) is 30.2 Å². The van der Waals surface area contributed by atoms with Crippen LogP contribution < -0.4 is 5.32 Å². The molecule has 1 saturated carbocycles. The van der Waals surface area contributed by atoms with Crippen LogP contribution in [0.5, 0.6) is 0 Å². The second kappa shape index (κ2) is 6.18. The maximum Gasteiger partial charge on any atom is 0.200 e. The van der Waals surface area contributed by atoms with Gasteiger partial charge >= 0.3 is 0 Å². The summed E-state index contributed by atoms with van der Waals surface area (Å²) in [5.74, 6) is 0.967. The fraction of sp³-hybridized carbons (Fsp3) is 0.562. The zero-order chi connectivity index (χ0) is 16.5. The van der Waals surface area contributed by atoms with E-state index in [0.717, 1.165) is 29.3 Å². The van der Waals surface area contributed by atoms with Gasteiger partial charge in [-0.1, -0.05) is 19.8 Å². The first-order valence-corrected chi connectivity index (χ1v) is 8.62. The Morgan fingerprint density at radius 3 is 2.79 bits per heavy atom. The van der Waals surface area contributed by atoms with Gasteiger partial charge in [0, 0.05) is 6.04 Å². The molecule has 1 unspecified atom stereocenters. The van der Waals surface area contributed by atoms with Gasteiger partial charge in [-0.15, -0.1) is 20.4 Å². The number of nitrogens with one attached hydrogen (secondary N) is 1. The van der Waals surface area contributed by atoms with Crippen molar-refractivity contribution in [1.82, 2.24) is 34.6 Å². The SMILES string of the molecule is CCc1cc(NC(C)c2nncn2C2CCCC2)c2nncn2n1. The highest BCUT2D eigenvalue weighted by molar-refractivity contribution is 5.67. The second-order valence-electron chi connectivity index (χ2n) is 6.40. The first-order chi connectivity index (χ1) is 11.8. The molecular weight excluding hydrogens is 304 g/mol. The minimum Gasteiger partial charge on any atom is -0.372 e. The van der Waals surface area contributed by atoms with Crippen LogP contribution in [0, 0.1) is 0 Å². The van der Waals surface area contributed by atoms with Crippen LogP contribution in [0.15, 0.2) is 18.7 Å². The van der Waals surface area contributed by atoms with Crippen LogP contribution >= 0.6 is 0 Å². The van der Waals surface area contributed by atoms with E-state index in [0.29, 0.717) is 6.04 Å². The monoisotopic (exact) mass is 326 g/mol. The molecule has 1 N–H and O–H groups in total. The van der Waals surface area contributed by atoms with Crippen molar-refractivity contribution in [2.24, 2.45) is 0 Å². The smallest absolute Gasteiger partial charge is 0.200 e. The third-order valence-electron chi connectivity index (χ3n) is 4.76. The number of nitrogens with zero attached hydrogens (tertiary/aromatic N) is 7.